The normalized spacial score (nSPS) is 13.8. The fourth-order valence-corrected chi connectivity index (χ4v) is 2.55. The molecule has 1 aromatic rings. The van der Waals surface area contributed by atoms with Gasteiger partial charge in [0.1, 0.15) is 0 Å². The Labute approximate surface area is 137 Å². The molecule has 0 amide bonds. The third kappa shape index (κ3) is 5.89. The zero-order chi connectivity index (χ0) is 16.5. The summed E-state index contributed by atoms with van der Waals surface area (Å²) in [5.41, 5.74) is 6.62. The zero-order valence-corrected chi connectivity index (χ0v) is 14.7. The van der Waals surface area contributed by atoms with E-state index in [-0.39, 0.29) is 0 Å². The van der Waals surface area contributed by atoms with Gasteiger partial charge >= 0.3 is 0 Å². The Bertz CT molecular complexity index is 552. The van der Waals surface area contributed by atoms with Gasteiger partial charge in [-0.3, -0.25) is 0 Å². The van der Waals surface area contributed by atoms with Crippen molar-refractivity contribution in [2.45, 2.75) is 47.0 Å². The van der Waals surface area contributed by atoms with Crippen LogP contribution in [-0.4, -0.2) is 0 Å². The van der Waals surface area contributed by atoms with Crippen molar-refractivity contribution in [2.24, 2.45) is 5.92 Å². The summed E-state index contributed by atoms with van der Waals surface area (Å²) in [5.74, 6) is 0.493. The van der Waals surface area contributed by atoms with Crippen LogP contribution in [0.2, 0.25) is 0 Å². The van der Waals surface area contributed by atoms with E-state index in [9.17, 15) is 0 Å². The van der Waals surface area contributed by atoms with Crippen LogP contribution in [0.3, 0.4) is 0 Å². The Morgan fingerprint density at radius 2 is 1.86 bits per heavy atom. The Kier molecular flexibility index (Phi) is 7.66. The van der Waals surface area contributed by atoms with Gasteiger partial charge in [0, 0.05) is 0 Å². The maximum absolute atomic E-state index is 4.31. The molecule has 118 valence electrons. The lowest BCUT2D eigenvalue weighted by Crippen LogP contribution is -2.08. The summed E-state index contributed by atoms with van der Waals surface area (Å²) in [6.45, 7) is 16.7. The van der Waals surface area contributed by atoms with Crippen LogP contribution in [0.15, 0.2) is 72.4 Å². The first-order valence-corrected chi connectivity index (χ1v) is 8.19. The molecule has 0 bridgehead atoms. The molecule has 0 nitrogen and oxygen atoms in total. The molecule has 0 radical (unpaired) electrons. The van der Waals surface area contributed by atoms with Gasteiger partial charge in [-0.2, -0.15) is 0 Å². The average Bonchev–Trinajstić information content (AvgIpc) is 2.54. The zero-order valence-electron chi connectivity index (χ0n) is 14.7. The van der Waals surface area contributed by atoms with E-state index in [1.165, 1.54) is 27.8 Å². The van der Waals surface area contributed by atoms with E-state index in [4.69, 9.17) is 0 Å². The molecule has 0 N–H and O–H groups in total. The second-order valence-corrected chi connectivity index (χ2v) is 6.06. The number of allylic oxidation sites excluding steroid dienone is 6. The second kappa shape index (κ2) is 9.25. The largest absolute Gasteiger partial charge is 0.0996 e. The molecular formula is C22H30. The van der Waals surface area contributed by atoms with Gasteiger partial charge in [0.2, 0.25) is 0 Å². The molecule has 0 aliphatic carbocycles. The Morgan fingerprint density at radius 3 is 2.36 bits per heavy atom. The Morgan fingerprint density at radius 1 is 1.23 bits per heavy atom. The molecule has 0 heterocycles. The molecule has 0 saturated heterocycles. The van der Waals surface area contributed by atoms with Gasteiger partial charge in [0.25, 0.3) is 0 Å². The molecule has 0 fully saturated rings. The summed E-state index contributed by atoms with van der Waals surface area (Å²) >= 11 is 0. The van der Waals surface area contributed by atoms with Gasteiger partial charge in [-0.1, -0.05) is 84.9 Å². The van der Waals surface area contributed by atoms with E-state index in [1.54, 1.807) is 0 Å². The van der Waals surface area contributed by atoms with Gasteiger partial charge in [-0.15, -0.1) is 0 Å². The van der Waals surface area contributed by atoms with E-state index in [1.807, 2.05) is 6.08 Å². The maximum atomic E-state index is 4.31. The average molecular weight is 294 g/mol. The summed E-state index contributed by atoms with van der Waals surface area (Å²) in [5, 5.41) is 0. The van der Waals surface area contributed by atoms with Gasteiger partial charge in [-0.05, 0) is 51.5 Å². The van der Waals surface area contributed by atoms with Crippen LogP contribution in [0.4, 0.5) is 0 Å². The van der Waals surface area contributed by atoms with Crippen LogP contribution in [0.25, 0.3) is 0 Å². The first kappa shape index (κ1) is 18.2. The lowest BCUT2D eigenvalue weighted by atomic mass is 9.85. The summed E-state index contributed by atoms with van der Waals surface area (Å²) in [7, 11) is 0. The third-order valence-corrected chi connectivity index (χ3v) is 4.22. The van der Waals surface area contributed by atoms with Crippen LogP contribution in [0.5, 0.6) is 0 Å². The van der Waals surface area contributed by atoms with Crippen molar-refractivity contribution in [1.82, 2.24) is 0 Å². The van der Waals surface area contributed by atoms with Gasteiger partial charge < -0.3 is 0 Å². The fourth-order valence-electron chi connectivity index (χ4n) is 2.55. The highest BCUT2D eigenvalue weighted by Crippen LogP contribution is 2.26. The molecule has 0 aromatic heterocycles. The lowest BCUT2D eigenvalue weighted by Gasteiger charge is -2.20. The lowest BCUT2D eigenvalue weighted by molar-refractivity contribution is 0.592. The van der Waals surface area contributed by atoms with Gasteiger partial charge in [0.15, 0.2) is 0 Å². The predicted octanol–water partition coefficient (Wildman–Crippen LogP) is 6.59. The molecular weight excluding hydrogens is 264 g/mol. The Balaban J connectivity index is 2.91. The summed E-state index contributed by atoms with van der Waals surface area (Å²) < 4.78 is 0. The van der Waals surface area contributed by atoms with Crippen LogP contribution >= 0.6 is 0 Å². The van der Waals surface area contributed by atoms with Crippen molar-refractivity contribution in [2.75, 3.05) is 0 Å². The van der Waals surface area contributed by atoms with Crippen LogP contribution in [-0.2, 0) is 6.42 Å². The van der Waals surface area contributed by atoms with Crippen molar-refractivity contribution >= 4 is 0 Å². The van der Waals surface area contributed by atoms with E-state index < -0.39 is 0 Å². The van der Waals surface area contributed by atoms with Crippen molar-refractivity contribution in [3.05, 3.63) is 83.5 Å². The van der Waals surface area contributed by atoms with Gasteiger partial charge in [0.05, 0.1) is 0 Å². The molecule has 1 rings (SSSR count). The van der Waals surface area contributed by atoms with Crippen LogP contribution < -0.4 is 0 Å². The van der Waals surface area contributed by atoms with E-state index in [0.29, 0.717) is 5.92 Å². The molecule has 0 aliphatic rings. The minimum atomic E-state index is 0.493. The summed E-state index contributed by atoms with van der Waals surface area (Å²) in [6.07, 6.45) is 9.49. The van der Waals surface area contributed by atoms with Crippen LogP contribution in [0, 0.1) is 12.8 Å². The molecule has 1 aromatic carbocycles. The minimum absolute atomic E-state index is 0.493. The standard InChI is InChI=1S/C22H30/c1-7-17(4)14-20(9-3)15-22(19(6)8-2)16-21-12-10-18(5)11-13-21/h7,9-14,22H,1,6,8,15-16H2,2-5H3/b17-14-,20-9+. The van der Waals surface area contributed by atoms with Crippen LogP contribution in [0.1, 0.15) is 44.7 Å². The molecule has 0 saturated carbocycles. The topological polar surface area (TPSA) is 0 Å². The molecule has 0 aliphatic heterocycles. The van der Waals surface area contributed by atoms with Crippen molar-refractivity contribution < 1.29 is 0 Å². The summed E-state index contributed by atoms with van der Waals surface area (Å²) in [6, 6.07) is 8.87. The number of hydrogen-bond donors (Lipinski definition) is 0. The first-order valence-electron chi connectivity index (χ1n) is 8.19. The quantitative estimate of drug-likeness (QED) is 0.375. The number of aryl methyl sites for hydroxylation is 1. The molecule has 22 heavy (non-hydrogen) atoms. The highest BCUT2D eigenvalue weighted by Gasteiger charge is 2.14. The fraction of sp³-hybridized carbons (Fsp3) is 0.364. The van der Waals surface area contributed by atoms with Crippen molar-refractivity contribution in [3.63, 3.8) is 0 Å². The monoisotopic (exact) mass is 294 g/mol. The maximum Gasteiger partial charge on any atom is -0.0125 e. The SMILES string of the molecule is C=C/C(C)=C\C(=C/C)CC(Cc1ccc(C)cc1)C(=C)CC. The molecule has 0 spiro atoms. The predicted molar refractivity (Wildman–Crippen MR) is 100 cm³/mol. The smallest absolute Gasteiger partial charge is 0.0125 e. The highest BCUT2D eigenvalue weighted by atomic mass is 14.2. The highest BCUT2D eigenvalue weighted by molar-refractivity contribution is 5.30. The molecule has 1 atom stereocenters. The van der Waals surface area contributed by atoms with E-state index in [2.05, 4.69) is 77.3 Å². The first-order chi connectivity index (χ1) is 10.5. The van der Waals surface area contributed by atoms with Gasteiger partial charge in [-0.25, -0.2) is 0 Å². The van der Waals surface area contributed by atoms with Crippen molar-refractivity contribution in [1.29, 1.82) is 0 Å². The second-order valence-electron chi connectivity index (χ2n) is 6.06. The minimum Gasteiger partial charge on any atom is -0.0996 e. The van der Waals surface area contributed by atoms with E-state index in [0.717, 1.165) is 19.3 Å². The molecule has 1 unspecified atom stereocenters. The van der Waals surface area contributed by atoms with Crippen molar-refractivity contribution in [3.8, 4) is 0 Å². The Hall–Kier alpha value is -1.82. The number of rotatable bonds is 8. The third-order valence-electron chi connectivity index (χ3n) is 4.22. The molecule has 0 heteroatoms. The summed E-state index contributed by atoms with van der Waals surface area (Å²) in [4.78, 5) is 0. The van der Waals surface area contributed by atoms with E-state index >= 15 is 0 Å². The number of benzene rings is 1. The number of hydrogen-bond acceptors (Lipinski definition) is 0.